The normalized spacial score (nSPS) is 34.0. The Kier molecular flexibility index (Phi) is 7.48. The summed E-state index contributed by atoms with van der Waals surface area (Å²) >= 11 is 0. The molecule has 5 nitrogen and oxygen atoms in total. The van der Waals surface area contributed by atoms with Gasteiger partial charge in [0.2, 0.25) is 0 Å². The highest BCUT2D eigenvalue weighted by Crippen LogP contribution is 2.62. The van der Waals surface area contributed by atoms with E-state index in [1.54, 1.807) is 0 Å². The van der Waals surface area contributed by atoms with E-state index in [1.165, 1.54) is 54.5 Å². The van der Waals surface area contributed by atoms with E-state index in [-0.39, 0.29) is 5.41 Å². The number of hydrogen-bond acceptors (Lipinski definition) is 5. The van der Waals surface area contributed by atoms with Crippen molar-refractivity contribution in [2.75, 3.05) is 25.2 Å². The van der Waals surface area contributed by atoms with Gasteiger partial charge >= 0.3 is 0 Å². The van der Waals surface area contributed by atoms with Gasteiger partial charge in [-0.05, 0) is 85.5 Å². The highest BCUT2D eigenvalue weighted by atomic mass is 16.7. The summed E-state index contributed by atoms with van der Waals surface area (Å²) in [5.74, 6) is 0.556. The molecule has 1 aliphatic heterocycles. The molecule has 1 saturated heterocycles. The molecule has 1 N–H and O–H groups in total. The molecule has 1 aromatic rings. The maximum Gasteiger partial charge on any atom is 0.171 e. The van der Waals surface area contributed by atoms with E-state index in [4.69, 9.17) is 9.47 Å². The monoisotopic (exact) mass is 535 g/mol. The Morgan fingerprint density at radius 1 is 1.03 bits per heavy atom. The third-order valence-electron chi connectivity index (χ3n) is 11.3. The number of hydrogen-bond donors (Lipinski definition) is 1. The lowest BCUT2D eigenvalue weighted by Gasteiger charge is -2.56. The van der Waals surface area contributed by atoms with Crippen LogP contribution in [0, 0.1) is 17.3 Å². The fraction of sp³-hybridized carbons (Fsp3) is 0.735. The van der Waals surface area contributed by atoms with Crippen LogP contribution in [-0.4, -0.2) is 49.1 Å². The van der Waals surface area contributed by atoms with E-state index in [2.05, 4.69) is 50.1 Å². The minimum atomic E-state index is -0.857. The molecule has 5 heteroatoms. The van der Waals surface area contributed by atoms with E-state index in [9.17, 15) is 9.90 Å². The molecule has 39 heavy (non-hydrogen) atoms. The Bertz CT molecular complexity index is 1070. The van der Waals surface area contributed by atoms with Gasteiger partial charge in [0.05, 0.1) is 18.8 Å². The Morgan fingerprint density at radius 2 is 1.74 bits per heavy atom. The van der Waals surface area contributed by atoms with Crippen LogP contribution in [0.15, 0.2) is 35.4 Å². The molecule has 214 valence electrons. The predicted molar refractivity (Wildman–Crippen MR) is 155 cm³/mol. The molecule has 4 unspecified atom stereocenters. The molecule has 1 heterocycles. The van der Waals surface area contributed by atoms with Crippen molar-refractivity contribution in [2.45, 2.75) is 121 Å². The smallest absolute Gasteiger partial charge is 0.171 e. The maximum atomic E-state index is 12.2. The third kappa shape index (κ3) is 5.02. The molecule has 0 amide bonds. The van der Waals surface area contributed by atoms with Gasteiger partial charge in [0.25, 0.3) is 0 Å². The first kappa shape index (κ1) is 27.5. The number of rotatable bonds is 6. The maximum absolute atomic E-state index is 12.2. The van der Waals surface area contributed by atoms with Gasteiger partial charge in [-0.2, -0.15) is 0 Å². The third-order valence-corrected chi connectivity index (χ3v) is 11.3. The highest BCUT2D eigenvalue weighted by molar-refractivity contribution is 5.51. The summed E-state index contributed by atoms with van der Waals surface area (Å²) in [6.45, 7) is 6.08. The number of nitrogens with zero attached hydrogens (tertiary/aromatic N) is 1. The quantitative estimate of drug-likeness (QED) is 0.316. The Balaban J connectivity index is 1.36. The lowest BCUT2D eigenvalue weighted by molar-refractivity contribution is -0.208. The van der Waals surface area contributed by atoms with Crippen LogP contribution < -0.4 is 4.90 Å². The number of carbonyl (C=O) groups is 1. The molecule has 6 rings (SSSR count). The first-order chi connectivity index (χ1) is 18.8. The summed E-state index contributed by atoms with van der Waals surface area (Å²) in [6, 6.07) is 10.1. The fourth-order valence-corrected chi connectivity index (χ4v) is 9.33. The van der Waals surface area contributed by atoms with Crippen LogP contribution in [0.5, 0.6) is 0 Å². The summed E-state index contributed by atoms with van der Waals surface area (Å²) < 4.78 is 12.2. The molecule has 4 atom stereocenters. The first-order valence-corrected chi connectivity index (χ1v) is 15.8. The number of carbonyl (C=O) groups excluding carboxylic acids is 1. The molecule has 1 aromatic carbocycles. The van der Waals surface area contributed by atoms with Crippen molar-refractivity contribution < 1.29 is 19.4 Å². The second kappa shape index (κ2) is 10.6. The lowest BCUT2D eigenvalue weighted by atomic mass is 9.50. The van der Waals surface area contributed by atoms with Crippen LogP contribution in [0.2, 0.25) is 0 Å². The van der Waals surface area contributed by atoms with Crippen LogP contribution in [0.3, 0.4) is 0 Å². The molecule has 3 saturated carbocycles. The van der Waals surface area contributed by atoms with E-state index in [0.29, 0.717) is 49.9 Å². The first-order valence-electron chi connectivity index (χ1n) is 15.8. The van der Waals surface area contributed by atoms with Crippen molar-refractivity contribution in [2.24, 2.45) is 17.3 Å². The molecule has 1 spiro atoms. The summed E-state index contributed by atoms with van der Waals surface area (Å²) in [5.41, 5.74) is 4.72. The SMILES string of the molecule is CN(c1ccc(C2CC(C)(C)C(CCC=O)C3CCC4(O)CC5(CCC4=C23)OCCO5)cc1)C1CCCCC1. The number of fused-ring (bicyclic) bond motifs is 2. The molecule has 0 bridgehead atoms. The Hall–Kier alpha value is -1.69. The topological polar surface area (TPSA) is 59.0 Å². The summed E-state index contributed by atoms with van der Waals surface area (Å²) in [4.78, 5) is 13.9. The van der Waals surface area contributed by atoms with Crippen LogP contribution in [0.4, 0.5) is 5.69 Å². The Labute approximate surface area is 235 Å². The van der Waals surface area contributed by atoms with Crippen molar-refractivity contribution in [3.8, 4) is 0 Å². The molecule has 0 aromatic heterocycles. The van der Waals surface area contributed by atoms with Gasteiger partial charge < -0.3 is 24.3 Å². The second-order valence-corrected chi connectivity index (χ2v) is 14.0. The summed E-state index contributed by atoms with van der Waals surface area (Å²) in [5, 5.41) is 12.2. The molecule has 5 aliphatic rings. The van der Waals surface area contributed by atoms with Crippen molar-refractivity contribution >= 4 is 12.0 Å². The number of ether oxygens (including phenoxy) is 2. The van der Waals surface area contributed by atoms with Gasteiger partial charge in [-0.3, -0.25) is 0 Å². The van der Waals surface area contributed by atoms with Crippen LogP contribution in [0.25, 0.3) is 0 Å². The van der Waals surface area contributed by atoms with Crippen molar-refractivity contribution in [3.63, 3.8) is 0 Å². The minimum absolute atomic E-state index is 0.128. The number of anilines is 1. The average molecular weight is 536 g/mol. The molecule has 4 aliphatic carbocycles. The number of allylic oxidation sites excluding steroid dienone is 1. The second-order valence-electron chi connectivity index (χ2n) is 14.0. The van der Waals surface area contributed by atoms with Gasteiger partial charge in [0.1, 0.15) is 6.29 Å². The summed E-state index contributed by atoms with van der Waals surface area (Å²) in [7, 11) is 2.26. The largest absolute Gasteiger partial charge is 0.385 e. The lowest BCUT2D eigenvalue weighted by Crippen LogP contribution is -2.53. The highest BCUT2D eigenvalue weighted by Gasteiger charge is 2.56. The van der Waals surface area contributed by atoms with Crippen LogP contribution in [-0.2, 0) is 14.3 Å². The number of aldehydes is 1. The van der Waals surface area contributed by atoms with Gasteiger partial charge in [-0.15, -0.1) is 0 Å². The number of aliphatic hydroxyl groups is 1. The standard InChI is InChI=1S/C34H49NO4/c1-32(2)22-28(24-11-13-26(14-12-24)35(3)25-8-5-4-6-9-25)31-27(29(32)10-7-19-36)15-17-33(37)23-34(18-16-30(31)33)38-20-21-39-34/h11-14,19,25,27-29,37H,4-10,15-18,20-23H2,1-3H3. The van der Waals surface area contributed by atoms with Crippen LogP contribution >= 0.6 is 0 Å². The molecular weight excluding hydrogens is 486 g/mol. The van der Waals surface area contributed by atoms with E-state index < -0.39 is 11.4 Å². The van der Waals surface area contributed by atoms with Gasteiger partial charge in [-0.1, -0.05) is 50.8 Å². The zero-order chi connectivity index (χ0) is 27.3. The van der Waals surface area contributed by atoms with Crippen molar-refractivity contribution in [3.05, 3.63) is 41.0 Å². The van der Waals surface area contributed by atoms with Gasteiger partial charge in [-0.25, -0.2) is 0 Å². The molecular formula is C34H49NO4. The Morgan fingerprint density at radius 3 is 2.44 bits per heavy atom. The van der Waals surface area contributed by atoms with Crippen LogP contribution in [0.1, 0.15) is 109 Å². The summed E-state index contributed by atoms with van der Waals surface area (Å²) in [6.07, 6.45) is 14.3. The fourth-order valence-electron chi connectivity index (χ4n) is 9.33. The van der Waals surface area contributed by atoms with Crippen molar-refractivity contribution in [1.82, 2.24) is 0 Å². The van der Waals surface area contributed by atoms with E-state index >= 15 is 0 Å². The van der Waals surface area contributed by atoms with Gasteiger partial charge in [0.15, 0.2) is 5.79 Å². The van der Waals surface area contributed by atoms with E-state index in [0.717, 1.165) is 44.8 Å². The zero-order valence-corrected chi connectivity index (χ0v) is 24.4. The van der Waals surface area contributed by atoms with Gasteiger partial charge in [0, 0.05) is 44.0 Å². The molecule has 4 fully saturated rings. The molecule has 0 radical (unpaired) electrons. The van der Waals surface area contributed by atoms with Crippen molar-refractivity contribution in [1.29, 1.82) is 0 Å². The zero-order valence-electron chi connectivity index (χ0n) is 24.4. The minimum Gasteiger partial charge on any atom is -0.385 e. The number of benzene rings is 1. The average Bonchev–Trinajstić information content (AvgIpc) is 3.38. The predicted octanol–water partition coefficient (Wildman–Crippen LogP) is 6.93. The van der Waals surface area contributed by atoms with E-state index in [1.807, 2.05) is 0 Å².